The van der Waals surface area contributed by atoms with Crippen molar-refractivity contribution in [2.24, 2.45) is 0 Å². The first-order valence-corrected chi connectivity index (χ1v) is 6.71. The quantitative estimate of drug-likeness (QED) is 0.816. The number of imidazole rings is 1. The topological polar surface area (TPSA) is 84.8 Å². The molecule has 1 aliphatic heterocycles. The van der Waals surface area contributed by atoms with Crippen molar-refractivity contribution < 1.29 is 4.79 Å². The fourth-order valence-corrected chi connectivity index (χ4v) is 2.57. The van der Waals surface area contributed by atoms with Gasteiger partial charge in [-0.3, -0.25) is 10.1 Å². The van der Waals surface area contributed by atoms with Crippen LogP contribution in [0.4, 0.5) is 0 Å². The van der Waals surface area contributed by atoms with Crippen LogP contribution in [0.25, 0.3) is 0 Å². The summed E-state index contributed by atoms with van der Waals surface area (Å²) >= 11 is 0. The highest BCUT2D eigenvalue weighted by Crippen LogP contribution is 2.28. The third-order valence-corrected chi connectivity index (χ3v) is 3.76. The average Bonchev–Trinajstić information content (AvgIpc) is 3.15. The lowest BCUT2D eigenvalue weighted by molar-refractivity contribution is -0.134. The molecule has 1 aliphatic carbocycles. The molecule has 1 aromatic rings. The summed E-state index contributed by atoms with van der Waals surface area (Å²) in [5.74, 6) is 0.117. The van der Waals surface area contributed by atoms with Crippen LogP contribution in [-0.4, -0.2) is 39.4 Å². The second kappa shape index (κ2) is 5.02. The smallest absolute Gasteiger partial charge is 0.240 e. The number of amides is 1. The predicted molar refractivity (Wildman–Crippen MR) is 67.9 cm³/mol. The van der Waals surface area contributed by atoms with Gasteiger partial charge in [-0.15, -0.1) is 0 Å². The summed E-state index contributed by atoms with van der Waals surface area (Å²) in [4.78, 5) is 21.7. The fourth-order valence-electron chi connectivity index (χ4n) is 2.57. The lowest BCUT2D eigenvalue weighted by atomic mass is 10.0. The number of hydrogen-bond acceptors (Lipinski definition) is 4. The number of aromatic nitrogens is 2. The van der Waals surface area contributed by atoms with E-state index in [-0.39, 0.29) is 11.9 Å². The fraction of sp³-hybridized carbons (Fsp3) is 0.615. The Bertz CT molecular complexity index is 513. The SMILES string of the molecule is N#CCCN(C(=O)C1Cc2nc[nH]c2CN1)C1CC1. The van der Waals surface area contributed by atoms with Crippen LogP contribution < -0.4 is 5.32 Å². The van der Waals surface area contributed by atoms with Crippen molar-refractivity contribution in [1.82, 2.24) is 20.2 Å². The molecule has 6 heteroatoms. The molecule has 1 atom stereocenters. The number of aromatic amines is 1. The Hall–Kier alpha value is -1.87. The molecule has 100 valence electrons. The molecule has 1 fully saturated rings. The molecule has 0 saturated heterocycles. The van der Waals surface area contributed by atoms with E-state index in [9.17, 15) is 4.79 Å². The van der Waals surface area contributed by atoms with E-state index < -0.39 is 0 Å². The first-order valence-electron chi connectivity index (χ1n) is 6.71. The Kier molecular flexibility index (Phi) is 3.22. The third kappa shape index (κ3) is 2.47. The minimum atomic E-state index is -0.199. The van der Waals surface area contributed by atoms with Gasteiger partial charge >= 0.3 is 0 Å². The lowest BCUT2D eigenvalue weighted by Crippen LogP contribution is -2.50. The second-order valence-corrected chi connectivity index (χ2v) is 5.14. The maximum absolute atomic E-state index is 12.5. The minimum Gasteiger partial charge on any atom is -0.347 e. The molecule has 0 spiro atoms. The van der Waals surface area contributed by atoms with Gasteiger partial charge in [0, 0.05) is 25.6 Å². The number of nitriles is 1. The highest BCUT2D eigenvalue weighted by Gasteiger charge is 2.36. The molecule has 1 amide bonds. The number of hydrogen-bond donors (Lipinski definition) is 2. The van der Waals surface area contributed by atoms with E-state index in [1.165, 1.54) is 0 Å². The highest BCUT2D eigenvalue weighted by atomic mass is 16.2. The first kappa shape index (κ1) is 12.2. The van der Waals surface area contributed by atoms with E-state index in [1.807, 2.05) is 4.90 Å². The number of rotatable bonds is 4. The number of nitrogens with one attached hydrogen (secondary N) is 2. The summed E-state index contributed by atoms with van der Waals surface area (Å²) < 4.78 is 0. The van der Waals surface area contributed by atoms with Crippen molar-refractivity contribution >= 4 is 5.91 Å². The molecule has 2 heterocycles. The largest absolute Gasteiger partial charge is 0.347 e. The van der Waals surface area contributed by atoms with Crippen molar-refractivity contribution in [3.8, 4) is 6.07 Å². The summed E-state index contributed by atoms with van der Waals surface area (Å²) in [6, 6.07) is 2.27. The second-order valence-electron chi connectivity index (χ2n) is 5.14. The summed E-state index contributed by atoms with van der Waals surface area (Å²) in [5.41, 5.74) is 2.05. The Balaban J connectivity index is 1.68. The van der Waals surface area contributed by atoms with Gasteiger partial charge in [-0.2, -0.15) is 5.26 Å². The van der Waals surface area contributed by atoms with Gasteiger partial charge in [0.05, 0.1) is 36.2 Å². The molecule has 3 rings (SSSR count). The summed E-state index contributed by atoms with van der Waals surface area (Å²) in [6.45, 7) is 1.20. The van der Waals surface area contributed by atoms with Gasteiger partial charge in [0.15, 0.2) is 0 Å². The van der Waals surface area contributed by atoms with Gasteiger partial charge < -0.3 is 9.88 Å². The van der Waals surface area contributed by atoms with Crippen molar-refractivity contribution in [3.63, 3.8) is 0 Å². The van der Waals surface area contributed by atoms with Crippen LogP contribution >= 0.6 is 0 Å². The van der Waals surface area contributed by atoms with E-state index in [1.54, 1.807) is 6.33 Å². The molecular formula is C13H17N5O. The predicted octanol–water partition coefficient (Wildman–Crippen LogP) is 0.329. The van der Waals surface area contributed by atoms with Crippen LogP contribution in [0.1, 0.15) is 30.7 Å². The molecule has 0 bridgehead atoms. The molecule has 1 unspecified atom stereocenters. The van der Waals surface area contributed by atoms with Gasteiger partial charge in [0.25, 0.3) is 0 Å². The van der Waals surface area contributed by atoms with E-state index in [4.69, 9.17) is 5.26 Å². The zero-order valence-electron chi connectivity index (χ0n) is 10.7. The molecule has 6 nitrogen and oxygen atoms in total. The standard InChI is InChI=1S/C13H17N5O/c14-4-1-5-18(9-2-3-9)13(19)11-6-10-12(7-15-11)17-8-16-10/h8-9,11,15H,1-3,5-7H2,(H,16,17). The van der Waals surface area contributed by atoms with Gasteiger partial charge in [-0.05, 0) is 12.8 Å². The zero-order valence-corrected chi connectivity index (χ0v) is 10.7. The lowest BCUT2D eigenvalue weighted by Gasteiger charge is -2.29. The van der Waals surface area contributed by atoms with Crippen molar-refractivity contribution in [2.75, 3.05) is 6.54 Å². The molecule has 19 heavy (non-hydrogen) atoms. The first-order chi connectivity index (χ1) is 9.29. The van der Waals surface area contributed by atoms with Crippen LogP contribution in [0.5, 0.6) is 0 Å². The molecule has 1 aromatic heterocycles. The third-order valence-electron chi connectivity index (χ3n) is 3.76. The van der Waals surface area contributed by atoms with Crippen molar-refractivity contribution in [2.45, 2.75) is 44.3 Å². The number of nitrogens with zero attached hydrogens (tertiary/aromatic N) is 3. The van der Waals surface area contributed by atoms with Gasteiger partial charge in [-0.25, -0.2) is 4.98 Å². The maximum atomic E-state index is 12.5. The molecular weight excluding hydrogens is 242 g/mol. The normalized spacial score (nSPS) is 21.5. The average molecular weight is 259 g/mol. The van der Waals surface area contributed by atoms with Gasteiger partial charge in [0.1, 0.15) is 0 Å². The summed E-state index contributed by atoms with van der Waals surface area (Å²) in [5, 5.41) is 11.9. The molecule has 2 N–H and O–H groups in total. The van der Waals surface area contributed by atoms with Crippen LogP contribution in [-0.2, 0) is 17.8 Å². The van der Waals surface area contributed by atoms with Crippen LogP contribution in [0.3, 0.4) is 0 Å². The molecule has 1 saturated carbocycles. The Morgan fingerprint density at radius 1 is 1.58 bits per heavy atom. The molecule has 2 aliphatic rings. The Labute approximate surface area is 111 Å². The van der Waals surface area contributed by atoms with Gasteiger partial charge in [0.2, 0.25) is 5.91 Å². The minimum absolute atomic E-state index is 0.117. The number of carbonyl (C=O) groups excluding carboxylic acids is 1. The highest BCUT2D eigenvalue weighted by molar-refractivity contribution is 5.83. The van der Waals surface area contributed by atoms with E-state index in [0.29, 0.717) is 32.0 Å². The van der Waals surface area contributed by atoms with Crippen molar-refractivity contribution in [3.05, 3.63) is 17.7 Å². The van der Waals surface area contributed by atoms with E-state index in [2.05, 4.69) is 21.4 Å². The Morgan fingerprint density at radius 3 is 3.16 bits per heavy atom. The summed E-state index contributed by atoms with van der Waals surface area (Å²) in [7, 11) is 0. The maximum Gasteiger partial charge on any atom is 0.240 e. The monoisotopic (exact) mass is 259 g/mol. The number of fused-ring (bicyclic) bond motifs is 1. The Morgan fingerprint density at radius 2 is 2.42 bits per heavy atom. The molecule has 0 radical (unpaired) electrons. The van der Waals surface area contributed by atoms with Crippen molar-refractivity contribution in [1.29, 1.82) is 5.26 Å². The van der Waals surface area contributed by atoms with Crippen LogP contribution in [0, 0.1) is 11.3 Å². The van der Waals surface area contributed by atoms with E-state index >= 15 is 0 Å². The number of H-pyrrole nitrogens is 1. The van der Waals surface area contributed by atoms with E-state index in [0.717, 1.165) is 24.2 Å². The van der Waals surface area contributed by atoms with Crippen LogP contribution in [0.15, 0.2) is 6.33 Å². The molecule has 0 aromatic carbocycles. The van der Waals surface area contributed by atoms with Gasteiger partial charge in [-0.1, -0.05) is 0 Å². The van der Waals surface area contributed by atoms with Crippen LogP contribution in [0.2, 0.25) is 0 Å². The number of carbonyl (C=O) groups is 1. The zero-order chi connectivity index (χ0) is 13.2. The summed E-state index contributed by atoms with van der Waals surface area (Å²) in [6.07, 6.45) is 4.85.